The van der Waals surface area contributed by atoms with E-state index in [0.29, 0.717) is 5.56 Å². The van der Waals surface area contributed by atoms with Crippen LogP contribution in [-0.2, 0) is 11.1 Å². The van der Waals surface area contributed by atoms with E-state index < -0.39 is 5.67 Å². The number of benzene rings is 1. The van der Waals surface area contributed by atoms with Crippen LogP contribution in [0.15, 0.2) is 24.3 Å². The van der Waals surface area contributed by atoms with Gasteiger partial charge in [-0.3, -0.25) is 0 Å². The van der Waals surface area contributed by atoms with Gasteiger partial charge in [-0.1, -0.05) is 45.0 Å². The molecule has 0 aliphatic rings. The molecule has 0 saturated carbocycles. The van der Waals surface area contributed by atoms with Gasteiger partial charge in [-0.15, -0.1) is 0 Å². The Labute approximate surface area is 91.5 Å². The third-order valence-electron chi connectivity index (χ3n) is 2.74. The molecule has 0 saturated heterocycles. The second-order valence-electron chi connectivity index (χ2n) is 5.23. The van der Waals surface area contributed by atoms with Crippen LogP contribution < -0.4 is 5.73 Å². The van der Waals surface area contributed by atoms with Gasteiger partial charge < -0.3 is 5.73 Å². The van der Waals surface area contributed by atoms with Crippen LogP contribution >= 0.6 is 0 Å². The summed E-state index contributed by atoms with van der Waals surface area (Å²) in [4.78, 5) is 0. The van der Waals surface area contributed by atoms with Crippen molar-refractivity contribution in [3.05, 3.63) is 35.4 Å². The molecule has 1 aromatic carbocycles. The maximum atomic E-state index is 13.9. The zero-order valence-corrected chi connectivity index (χ0v) is 9.97. The van der Waals surface area contributed by atoms with Crippen LogP contribution in [0.1, 0.15) is 38.8 Å². The van der Waals surface area contributed by atoms with Crippen molar-refractivity contribution in [1.82, 2.24) is 0 Å². The highest BCUT2D eigenvalue weighted by molar-refractivity contribution is 5.30. The fourth-order valence-corrected chi connectivity index (χ4v) is 1.44. The molecule has 0 heterocycles. The number of hydrogen-bond donors (Lipinski definition) is 1. The smallest absolute Gasteiger partial charge is 0.145 e. The second kappa shape index (κ2) is 3.93. The number of halogens is 1. The van der Waals surface area contributed by atoms with Gasteiger partial charge in [-0.2, -0.15) is 0 Å². The molecule has 1 rings (SSSR count). The normalized spacial score (nSPS) is 16.1. The van der Waals surface area contributed by atoms with E-state index >= 15 is 0 Å². The topological polar surface area (TPSA) is 26.0 Å². The Morgan fingerprint density at radius 3 is 1.73 bits per heavy atom. The molecule has 84 valence electrons. The second-order valence-corrected chi connectivity index (χ2v) is 5.23. The Morgan fingerprint density at radius 2 is 1.40 bits per heavy atom. The fourth-order valence-electron chi connectivity index (χ4n) is 1.44. The van der Waals surface area contributed by atoms with Crippen molar-refractivity contribution in [3.8, 4) is 0 Å². The lowest BCUT2D eigenvalue weighted by Gasteiger charge is -2.22. The van der Waals surface area contributed by atoms with Crippen molar-refractivity contribution in [2.45, 2.75) is 38.8 Å². The molecule has 0 spiro atoms. The molecule has 0 aromatic heterocycles. The minimum atomic E-state index is -1.42. The molecule has 0 aliphatic heterocycles. The Kier molecular flexibility index (Phi) is 3.19. The molecule has 0 fully saturated rings. The van der Waals surface area contributed by atoms with E-state index in [9.17, 15) is 4.39 Å². The maximum absolute atomic E-state index is 13.9. The highest BCUT2D eigenvalue weighted by Gasteiger charge is 2.24. The first kappa shape index (κ1) is 12.2. The first-order valence-electron chi connectivity index (χ1n) is 5.27. The van der Waals surface area contributed by atoms with Crippen LogP contribution in [0.25, 0.3) is 0 Å². The van der Waals surface area contributed by atoms with Gasteiger partial charge in [0, 0.05) is 6.54 Å². The van der Waals surface area contributed by atoms with E-state index in [1.165, 1.54) is 12.5 Å². The lowest BCUT2D eigenvalue weighted by molar-refractivity contribution is 0.203. The predicted molar refractivity (Wildman–Crippen MR) is 62.7 cm³/mol. The number of nitrogens with two attached hydrogens (primary N) is 1. The Hall–Kier alpha value is -0.890. The van der Waals surface area contributed by atoms with Gasteiger partial charge in [0.15, 0.2) is 0 Å². The summed E-state index contributed by atoms with van der Waals surface area (Å²) in [5.41, 5.74) is 5.93. The summed E-state index contributed by atoms with van der Waals surface area (Å²) < 4.78 is 13.9. The molecule has 0 amide bonds. The zero-order chi connectivity index (χ0) is 11.7. The fraction of sp³-hybridized carbons (Fsp3) is 0.538. The van der Waals surface area contributed by atoms with E-state index in [0.717, 1.165) is 0 Å². The molecular weight excluding hydrogens is 189 g/mol. The Morgan fingerprint density at radius 1 is 1.00 bits per heavy atom. The number of rotatable bonds is 2. The van der Waals surface area contributed by atoms with Crippen LogP contribution in [-0.4, -0.2) is 6.54 Å². The van der Waals surface area contributed by atoms with Crippen LogP contribution in [0.4, 0.5) is 4.39 Å². The predicted octanol–water partition coefficient (Wildman–Crippen LogP) is 3.13. The summed E-state index contributed by atoms with van der Waals surface area (Å²) in [6, 6.07) is 7.60. The average molecular weight is 209 g/mol. The number of alkyl halides is 1. The van der Waals surface area contributed by atoms with Gasteiger partial charge >= 0.3 is 0 Å². The molecule has 1 unspecified atom stereocenters. The zero-order valence-electron chi connectivity index (χ0n) is 9.97. The van der Waals surface area contributed by atoms with E-state index in [1.807, 2.05) is 24.3 Å². The largest absolute Gasteiger partial charge is 0.327 e. The number of hydrogen-bond acceptors (Lipinski definition) is 1. The summed E-state index contributed by atoms with van der Waals surface area (Å²) in [5.74, 6) is 0. The molecule has 2 heteroatoms. The summed E-state index contributed by atoms with van der Waals surface area (Å²) in [6.45, 7) is 7.94. The quantitative estimate of drug-likeness (QED) is 0.795. The van der Waals surface area contributed by atoms with E-state index in [4.69, 9.17) is 5.73 Å². The SMILES string of the molecule is CC(C)(C)c1ccc(C(C)(F)CN)cc1. The minimum absolute atomic E-state index is 0.0157. The summed E-state index contributed by atoms with van der Waals surface area (Å²) in [5, 5.41) is 0. The molecule has 2 N–H and O–H groups in total. The average Bonchev–Trinajstić information content (AvgIpc) is 2.17. The van der Waals surface area contributed by atoms with Crippen molar-refractivity contribution < 1.29 is 4.39 Å². The first-order valence-corrected chi connectivity index (χ1v) is 5.27. The molecule has 0 aliphatic carbocycles. The molecule has 1 atom stereocenters. The van der Waals surface area contributed by atoms with Gasteiger partial charge in [-0.25, -0.2) is 4.39 Å². The van der Waals surface area contributed by atoms with Crippen molar-refractivity contribution in [1.29, 1.82) is 0 Å². The molecular formula is C13H20FN. The van der Waals surface area contributed by atoms with Crippen molar-refractivity contribution in [2.75, 3.05) is 6.54 Å². The highest BCUT2D eigenvalue weighted by Crippen LogP contribution is 2.27. The van der Waals surface area contributed by atoms with Crippen molar-refractivity contribution >= 4 is 0 Å². The monoisotopic (exact) mass is 209 g/mol. The van der Waals surface area contributed by atoms with Gasteiger partial charge in [0.25, 0.3) is 0 Å². The van der Waals surface area contributed by atoms with E-state index in [2.05, 4.69) is 20.8 Å². The molecule has 0 bridgehead atoms. The van der Waals surface area contributed by atoms with E-state index in [-0.39, 0.29) is 12.0 Å². The summed E-state index contributed by atoms with van der Waals surface area (Å²) in [6.07, 6.45) is 0. The van der Waals surface area contributed by atoms with Gasteiger partial charge in [-0.05, 0) is 23.5 Å². The Balaban J connectivity index is 3.01. The van der Waals surface area contributed by atoms with Crippen LogP contribution in [0.3, 0.4) is 0 Å². The third-order valence-corrected chi connectivity index (χ3v) is 2.74. The maximum Gasteiger partial charge on any atom is 0.145 e. The summed E-state index contributed by atoms with van der Waals surface area (Å²) >= 11 is 0. The Bertz CT molecular complexity index is 319. The third kappa shape index (κ3) is 2.78. The van der Waals surface area contributed by atoms with Crippen molar-refractivity contribution in [3.63, 3.8) is 0 Å². The van der Waals surface area contributed by atoms with Crippen LogP contribution in [0.2, 0.25) is 0 Å². The van der Waals surface area contributed by atoms with Gasteiger partial charge in [0.2, 0.25) is 0 Å². The summed E-state index contributed by atoms with van der Waals surface area (Å²) in [7, 11) is 0. The first-order chi connectivity index (χ1) is 6.77. The molecule has 1 aromatic rings. The lowest BCUT2D eigenvalue weighted by atomic mass is 9.85. The van der Waals surface area contributed by atoms with Crippen LogP contribution in [0, 0.1) is 0 Å². The highest BCUT2D eigenvalue weighted by atomic mass is 19.1. The minimum Gasteiger partial charge on any atom is -0.327 e. The molecule has 15 heavy (non-hydrogen) atoms. The van der Waals surface area contributed by atoms with Crippen LogP contribution in [0.5, 0.6) is 0 Å². The van der Waals surface area contributed by atoms with Gasteiger partial charge in [0.1, 0.15) is 5.67 Å². The van der Waals surface area contributed by atoms with E-state index in [1.54, 1.807) is 0 Å². The van der Waals surface area contributed by atoms with Gasteiger partial charge in [0.05, 0.1) is 0 Å². The molecule has 1 nitrogen and oxygen atoms in total. The lowest BCUT2D eigenvalue weighted by Crippen LogP contribution is -2.26. The standard InChI is InChI=1S/C13H20FN/c1-12(2,3)10-5-7-11(8-6-10)13(4,14)9-15/h5-8H,9,15H2,1-4H3. The molecule has 0 radical (unpaired) electrons. The van der Waals surface area contributed by atoms with Crippen molar-refractivity contribution in [2.24, 2.45) is 5.73 Å².